The lowest BCUT2D eigenvalue weighted by Crippen LogP contribution is -2.10. The third-order valence-corrected chi connectivity index (χ3v) is 2.26. The Morgan fingerprint density at radius 3 is 2.71 bits per heavy atom. The Balaban J connectivity index is 3.37. The van der Waals surface area contributed by atoms with E-state index in [0.717, 1.165) is 12.1 Å². The predicted octanol–water partition coefficient (Wildman–Crippen LogP) is 2.65. The molecule has 0 heterocycles. The molecule has 0 bridgehead atoms. The molecule has 5 nitrogen and oxygen atoms in total. The van der Waals surface area contributed by atoms with Crippen molar-refractivity contribution in [2.45, 2.75) is 12.8 Å². The van der Waals surface area contributed by atoms with Gasteiger partial charge >= 0.3 is 11.7 Å². The number of carbonyl (C=O) groups is 1. The number of halogens is 2. The topological polar surface area (TPSA) is 69.4 Å². The number of nitrogens with zero attached hydrogens (tertiary/aromatic N) is 1. The first-order valence-electron chi connectivity index (χ1n) is 4.71. The maximum absolute atomic E-state index is 13.4. The van der Waals surface area contributed by atoms with Crippen molar-refractivity contribution >= 4 is 23.3 Å². The summed E-state index contributed by atoms with van der Waals surface area (Å²) in [5.74, 6) is -2.09. The number of carbonyl (C=O) groups excluding carboxylic acids is 1. The van der Waals surface area contributed by atoms with E-state index in [1.165, 1.54) is 0 Å². The second kappa shape index (κ2) is 5.58. The minimum Gasteiger partial charge on any atom is -0.462 e. The molecule has 17 heavy (non-hydrogen) atoms. The average molecular weight is 262 g/mol. The monoisotopic (exact) mass is 261 g/mol. The van der Waals surface area contributed by atoms with Crippen LogP contribution in [0.4, 0.5) is 10.1 Å². The summed E-state index contributed by atoms with van der Waals surface area (Å²) < 4.78 is 18.1. The predicted molar refractivity (Wildman–Crippen MR) is 58.6 cm³/mol. The molecule has 1 aromatic rings. The normalized spacial score (nSPS) is 10.1. The van der Waals surface area contributed by atoms with Gasteiger partial charge in [0.05, 0.1) is 11.5 Å². The summed E-state index contributed by atoms with van der Waals surface area (Å²) in [6, 6.07) is 2.08. The highest BCUT2D eigenvalue weighted by atomic mass is 35.5. The second-order valence-corrected chi connectivity index (χ2v) is 3.35. The fraction of sp³-hybridized carbons (Fsp3) is 0.300. The lowest BCUT2D eigenvalue weighted by molar-refractivity contribution is -0.387. The molecule has 7 heteroatoms. The van der Waals surface area contributed by atoms with Gasteiger partial charge in [-0.2, -0.15) is 4.39 Å². The highest BCUT2D eigenvalue weighted by Crippen LogP contribution is 2.26. The minimum absolute atomic E-state index is 0.0444. The van der Waals surface area contributed by atoms with Crippen molar-refractivity contribution in [1.29, 1.82) is 0 Å². The molecule has 0 aromatic heterocycles. The fourth-order valence-electron chi connectivity index (χ4n) is 1.28. The molecule has 0 amide bonds. The van der Waals surface area contributed by atoms with Gasteiger partial charge in [0.1, 0.15) is 5.56 Å². The Bertz CT molecular complexity index is 464. The lowest BCUT2D eigenvalue weighted by atomic mass is 10.1. The van der Waals surface area contributed by atoms with Crippen LogP contribution in [0.15, 0.2) is 12.1 Å². The van der Waals surface area contributed by atoms with E-state index >= 15 is 0 Å². The number of benzene rings is 1. The van der Waals surface area contributed by atoms with Gasteiger partial charge in [-0.3, -0.25) is 10.1 Å². The van der Waals surface area contributed by atoms with Crippen LogP contribution >= 0.6 is 11.6 Å². The third-order valence-electron chi connectivity index (χ3n) is 1.96. The van der Waals surface area contributed by atoms with Crippen LogP contribution in [0.2, 0.25) is 0 Å². The SMILES string of the molecule is CCOC(=O)c1cc(CCl)cc(F)c1[N+](=O)[O-]. The molecule has 0 unspecified atom stereocenters. The summed E-state index contributed by atoms with van der Waals surface area (Å²) in [4.78, 5) is 21.2. The van der Waals surface area contributed by atoms with Crippen LogP contribution in [0.25, 0.3) is 0 Å². The molecule has 0 spiro atoms. The Hall–Kier alpha value is -1.69. The molecular formula is C10H9ClFNO4. The number of nitro benzene ring substituents is 1. The summed E-state index contributed by atoms with van der Waals surface area (Å²) in [6.45, 7) is 1.59. The van der Waals surface area contributed by atoms with E-state index in [2.05, 4.69) is 4.74 Å². The van der Waals surface area contributed by atoms with Gasteiger partial charge in [-0.25, -0.2) is 4.79 Å². The Kier molecular flexibility index (Phi) is 4.39. The van der Waals surface area contributed by atoms with Crippen molar-refractivity contribution in [1.82, 2.24) is 0 Å². The summed E-state index contributed by atoms with van der Waals surface area (Å²) >= 11 is 5.50. The number of esters is 1. The van der Waals surface area contributed by atoms with Crippen LogP contribution < -0.4 is 0 Å². The first-order valence-corrected chi connectivity index (χ1v) is 5.24. The van der Waals surface area contributed by atoms with Gasteiger partial charge in [0, 0.05) is 5.88 Å². The van der Waals surface area contributed by atoms with E-state index in [-0.39, 0.29) is 18.1 Å². The largest absolute Gasteiger partial charge is 0.462 e. The first kappa shape index (κ1) is 13.4. The third kappa shape index (κ3) is 2.91. The Morgan fingerprint density at radius 2 is 2.24 bits per heavy atom. The molecule has 1 aromatic carbocycles. The molecule has 0 aliphatic rings. The molecule has 0 aliphatic heterocycles. The van der Waals surface area contributed by atoms with Crippen LogP contribution in [-0.2, 0) is 10.6 Å². The number of nitro groups is 1. The van der Waals surface area contributed by atoms with Gasteiger partial charge < -0.3 is 4.74 Å². The van der Waals surface area contributed by atoms with Crippen molar-refractivity contribution in [2.75, 3.05) is 6.61 Å². The molecule has 0 N–H and O–H groups in total. The molecule has 0 aliphatic carbocycles. The van der Waals surface area contributed by atoms with E-state index in [9.17, 15) is 19.3 Å². The number of alkyl halides is 1. The van der Waals surface area contributed by atoms with Crippen molar-refractivity contribution in [3.05, 3.63) is 39.2 Å². The van der Waals surface area contributed by atoms with Crippen molar-refractivity contribution < 1.29 is 18.8 Å². The fourth-order valence-corrected chi connectivity index (χ4v) is 1.44. The maximum atomic E-state index is 13.4. The number of hydrogen-bond acceptors (Lipinski definition) is 4. The smallest absolute Gasteiger partial charge is 0.345 e. The highest BCUT2D eigenvalue weighted by Gasteiger charge is 2.27. The van der Waals surface area contributed by atoms with Gasteiger partial charge in [0.25, 0.3) is 0 Å². The summed E-state index contributed by atoms with van der Waals surface area (Å²) in [7, 11) is 0. The lowest BCUT2D eigenvalue weighted by Gasteiger charge is -2.05. The van der Waals surface area contributed by atoms with E-state index in [0.29, 0.717) is 0 Å². The molecule has 0 saturated carbocycles. The molecular weight excluding hydrogens is 253 g/mol. The van der Waals surface area contributed by atoms with Crippen molar-refractivity contribution in [2.24, 2.45) is 0 Å². The molecule has 92 valence electrons. The van der Waals surface area contributed by atoms with E-state index in [4.69, 9.17) is 11.6 Å². The summed E-state index contributed by atoms with van der Waals surface area (Å²) in [6.07, 6.45) is 0. The number of ether oxygens (including phenoxy) is 1. The Morgan fingerprint density at radius 1 is 1.59 bits per heavy atom. The number of rotatable bonds is 4. The van der Waals surface area contributed by atoms with Gasteiger partial charge in [0.15, 0.2) is 0 Å². The Labute approximate surface area is 101 Å². The summed E-state index contributed by atoms with van der Waals surface area (Å²) in [5.41, 5.74) is -1.04. The zero-order chi connectivity index (χ0) is 13.0. The summed E-state index contributed by atoms with van der Waals surface area (Å²) in [5, 5.41) is 10.7. The quantitative estimate of drug-likeness (QED) is 0.362. The van der Waals surface area contributed by atoms with Crippen LogP contribution in [0, 0.1) is 15.9 Å². The second-order valence-electron chi connectivity index (χ2n) is 3.09. The van der Waals surface area contributed by atoms with Gasteiger partial charge in [-0.1, -0.05) is 0 Å². The molecule has 0 atom stereocenters. The van der Waals surface area contributed by atoms with Gasteiger partial charge in [-0.05, 0) is 24.6 Å². The van der Waals surface area contributed by atoms with Crippen LogP contribution in [0.1, 0.15) is 22.8 Å². The van der Waals surface area contributed by atoms with Crippen LogP contribution in [-0.4, -0.2) is 17.5 Å². The molecule has 0 radical (unpaired) electrons. The van der Waals surface area contributed by atoms with Crippen LogP contribution in [0.3, 0.4) is 0 Å². The van der Waals surface area contributed by atoms with E-state index < -0.39 is 28.0 Å². The maximum Gasteiger partial charge on any atom is 0.345 e. The van der Waals surface area contributed by atoms with E-state index in [1.807, 2.05) is 0 Å². The first-order chi connectivity index (χ1) is 8.01. The molecule has 0 fully saturated rings. The average Bonchev–Trinajstić information content (AvgIpc) is 2.27. The van der Waals surface area contributed by atoms with Gasteiger partial charge in [-0.15, -0.1) is 11.6 Å². The van der Waals surface area contributed by atoms with Crippen molar-refractivity contribution in [3.63, 3.8) is 0 Å². The zero-order valence-corrected chi connectivity index (χ0v) is 9.66. The standard InChI is InChI=1S/C10H9ClFNO4/c1-2-17-10(14)7-3-6(5-11)4-8(12)9(7)13(15)16/h3-4H,2,5H2,1H3. The zero-order valence-electron chi connectivity index (χ0n) is 8.91. The molecule has 1 rings (SSSR count). The highest BCUT2D eigenvalue weighted by molar-refractivity contribution is 6.17. The minimum atomic E-state index is -1.10. The van der Waals surface area contributed by atoms with Crippen LogP contribution in [0.5, 0.6) is 0 Å². The molecule has 0 saturated heterocycles. The number of hydrogen-bond donors (Lipinski definition) is 0. The van der Waals surface area contributed by atoms with Crippen molar-refractivity contribution in [3.8, 4) is 0 Å². The van der Waals surface area contributed by atoms with Gasteiger partial charge in [0.2, 0.25) is 5.82 Å². The van der Waals surface area contributed by atoms with E-state index in [1.54, 1.807) is 6.92 Å².